The second-order valence-corrected chi connectivity index (χ2v) is 6.23. The van der Waals surface area contributed by atoms with Crippen molar-refractivity contribution in [3.05, 3.63) is 29.6 Å². The van der Waals surface area contributed by atoms with Gasteiger partial charge in [-0.1, -0.05) is 33.8 Å². The summed E-state index contributed by atoms with van der Waals surface area (Å²) >= 11 is 0. The fourth-order valence-electron chi connectivity index (χ4n) is 2.48. The molecule has 1 aromatic heterocycles. The molecule has 20 heavy (non-hydrogen) atoms. The summed E-state index contributed by atoms with van der Waals surface area (Å²) in [6, 6.07) is 5.77. The van der Waals surface area contributed by atoms with Crippen LogP contribution in [-0.2, 0) is 23.2 Å². The highest BCUT2D eigenvalue weighted by atomic mass is 16.4. The van der Waals surface area contributed by atoms with Crippen molar-refractivity contribution in [3.63, 3.8) is 0 Å². The number of nitrogens with zero attached hydrogens (tertiary/aromatic N) is 2. The molecule has 1 heterocycles. The van der Waals surface area contributed by atoms with Gasteiger partial charge in [0.1, 0.15) is 5.82 Å². The zero-order valence-corrected chi connectivity index (χ0v) is 12.6. The summed E-state index contributed by atoms with van der Waals surface area (Å²) in [6.07, 6.45) is 1.09. The summed E-state index contributed by atoms with van der Waals surface area (Å²) in [6.45, 7) is 9.54. The van der Waals surface area contributed by atoms with Gasteiger partial charge in [-0.15, -0.1) is 0 Å². The number of aryl methyl sites for hydroxylation is 1. The van der Waals surface area contributed by atoms with Crippen molar-refractivity contribution in [3.8, 4) is 0 Å². The van der Waals surface area contributed by atoms with E-state index >= 15 is 0 Å². The molecular formula is C16H22N2O2. The van der Waals surface area contributed by atoms with Gasteiger partial charge in [0.25, 0.3) is 0 Å². The van der Waals surface area contributed by atoms with E-state index in [9.17, 15) is 4.79 Å². The van der Waals surface area contributed by atoms with Crippen molar-refractivity contribution in [2.24, 2.45) is 0 Å². The number of hydrogen-bond acceptors (Lipinski definition) is 2. The first-order valence-corrected chi connectivity index (χ1v) is 7.04. The van der Waals surface area contributed by atoms with Crippen LogP contribution in [0.25, 0.3) is 11.0 Å². The predicted octanol–water partition coefficient (Wildman–Crippen LogP) is 3.37. The normalized spacial score (nSPS) is 12.0. The zero-order valence-electron chi connectivity index (χ0n) is 12.6. The quantitative estimate of drug-likeness (QED) is 0.930. The Kier molecular flexibility index (Phi) is 3.84. The Morgan fingerprint density at radius 1 is 1.35 bits per heavy atom. The molecule has 0 amide bonds. The van der Waals surface area contributed by atoms with E-state index in [2.05, 4.69) is 32.3 Å². The van der Waals surface area contributed by atoms with Gasteiger partial charge in [-0.05, 0) is 24.1 Å². The Morgan fingerprint density at radius 3 is 2.60 bits per heavy atom. The fourth-order valence-corrected chi connectivity index (χ4v) is 2.48. The number of carbonyl (C=O) groups is 1. The van der Waals surface area contributed by atoms with Crippen molar-refractivity contribution >= 4 is 17.0 Å². The monoisotopic (exact) mass is 274 g/mol. The van der Waals surface area contributed by atoms with Gasteiger partial charge in [-0.3, -0.25) is 4.79 Å². The maximum atomic E-state index is 10.8. The molecule has 1 N–H and O–H groups in total. The number of rotatable bonds is 4. The third-order valence-electron chi connectivity index (χ3n) is 3.29. The summed E-state index contributed by atoms with van der Waals surface area (Å²) in [7, 11) is 0. The van der Waals surface area contributed by atoms with E-state index in [1.165, 1.54) is 0 Å². The predicted molar refractivity (Wildman–Crippen MR) is 80.1 cm³/mol. The van der Waals surface area contributed by atoms with Gasteiger partial charge in [-0.25, -0.2) is 4.98 Å². The van der Waals surface area contributed by atoms with Crippen molar-refractivity contribution < 1.29 is 9.90 Å². The van der Waals surface area contributed by atoms with Crippen LogP contribution in [0.2, 0.25) is 0 Å². The highest BCUT2D eigenvalue weighted by Crippen LogP contribution is 2.27. The van der Waals surface area contributed by atoms with E-state index in [1.54, 1.807) is 0 Å². The minimum atomic E-state index is -0.812. The Morgan fingerprint density at radius 2 is 2.05 bits per heavy atom. The molecule has 0 spiro atoms. The molecule has 0 saturated heterocycles. The van der Waals surface area contributed by atoms with E-state index in [0.717, 1.165) is 35.4 Å². The van der Waals surface area contributed by atoms with Crippen LogP contribution in [0.4, 0.5) is 0 Å². The Labute approximate surface area is 119 Å². The summed E-state index contributed by atoms with van der Waals surface area (Å²) in [5.41, 5.74) is 2.75. The summed E-state index contributed by atoms with van der Waals surface area (Å²) in [5.74, 6) is 0.246. The molecule has 0 aliphatic carbocycles. The minimum absolute atomic E-state index is 0.0266. The van der Waals surface area contributed by atoms with Crippen molar-refractivity contribution in [1.82, 2.24) is 9.55 Å². The Hall–Kier alpha value is -1.84. The van der Waals surface area contributed by atoms with E-state index in [4.69, 9.17) is 10.1 Å². The number of carboxylic acid groups (broad SMARTS) is 1. The Balaban J connectivity index is 2.58. The number of carboxylic acids is 1. The number of aliphatic carboxylic acids is 1. The average Bonchev–Trinajstić information content (AvgIpc) is 2.67. The summed E-state index contributed by atoms with van der Waals surface area (Å²) < 4.78 is 2.25. The van der Waals surface area contributed by atoms with Gasteiger partial charge in [0.05, 0.1) is 17.5 Å². The lowest BCUT2D eigenvalue weighted by molar-refractivity contribution is -0.136. The fraction of sp³-hybridized carbons (Fsp3) is 0.500. The van der Waals surface area contributed by atoms with Gasteiger partial charge in [0.15, 0.2) is 0 Å². The first-order valence-electron chi connectivity index (χ1n) is 7.04. The van der Waals surface area contributed by atoms with Crippen molar-refractivity contribution in [2.75, 3.05) is 0 Å². The molecule has 108 valence electrons. The van der Waals surface area contributed by atoms with E-state index in [1.807, 2.05) is 18.2 Å². The molecule has 0 bridgehead atoms. The molecule has 0 saturated carbocycles. The van der Waals surface area contributed by atoms with Crippen LogP contribution in [0, 0.1) is 0 Å². The number of fused-ring (bicyclic) bond motifs is 1. The van der Waals surface area contributed by atoms with Crippen LogP contribution in [0.15, 0.2) is 18.2 Å². The average molecular weight is 274 g/mol. The maximum Gasteiger partial charge on any atom is 0.307 e. The van der Waals surface area contributed by atoms with Crippen LogP contribution < -0.4 is 0 Å². The molecule has 0 unspecified atom stereocenters. The molecule has 0 aliphatic rings. The van der Waals surface area contributed by atoms with Gasteiger partial charge in [0.2, 0.25) is 0 Å². The van der Waals surface area contributed by atoms with Crippen LogP contribution in [0.3, 0.4) is 0 Å². The van der Waals surface area contributed by atoms with Gasteiger partial charge >= 0.3 is 5.97 Å². The molecule has 0 aliphatic heterocycles. The molecule has 0 fully saturated rings. The maximum absolute atomic E-state index is 10.8. The lowest BCUT2D eigenvalue weighted by atomic mass is 9.95. The molecule has 0 atom stereocenters. The highest BCUT2D eigenvalue weighted by Gasteiger charge is 2.22. The lowest BCUT2D eigenvalue weighted by Crippen LogP contribution is -2.19. The third-order valence-corrected chi connectivity index (χ3v) is 3.29. The first-order chi connectivity index (χ1) is 9.32. The van der Waals surface area contributed by atoms with E-state index in [0.29, 0.717) is 0 Å². The standard InChI is InChI=1S/C16H22N2O2/c1-5-8-18-13-7-6-11(10-14(19)20)9-12(13)17-15(18)16(2,3)4/h6-7,9H,5,8,10H2,1-4H3,(H,19,20). The Bertz CT molecular complexity index is 636. The highest BCUT2D eigenvalue weighted by molar-refractivity contribution is 5.79. The second-order valence-electron chi connectivity index (χ2n) is 6.23. The molecule has 0 radical (unpaired) electrons. The number of benzene rings is 1. The molecular weight excluding hydrogens is 252 g/mol. The van der Waals surface area contributed by atoms with Gasteiger partial charge < -0.3 is 9.67 Å². The summed E-state index contributed by atoms with van der Waals surface area (Å²) in [4.78, 5) is 15.6. The molecule has 2 rings (SSSR count). The van der Waals surface area contributed by atoms with Crippen molar-refractivity contribution in [1.29, 1.82) is 0 Å². The number of imidazole rings is 1. The number of aromatic nitrogens is 2. The van der Waals surface area contributed by atoms with Crippen LogP contribution in [0.1, 0.15) is 45.5 Å². The molecule has 1 aromatic carbocycles. The molecule has 2 aromatic rings. The van der Waals surface area contributed by atoms with E-state index in [-0.39, 0.29) is 11.8 Å². The molecule has 4 heteroatoms. The zero-order chi connectivity index (χ0) is 14.9. The lowest BCUT2D eigenvalue weighted by Gasteiger charge is -2.19. The smallest absolute Gasteiger partial charge is 0.307 e. The van der Waals surface area contributed by atoms with Crippen LogP contribution in [0.5, 0.6) is 0 Å². The largest absolute Gasteiger partial charge is 0.481 e. The van der Waals surface area contributed by atoms with Gasteiger partial charge in [0, 0.05) is 12.0 Å². The topological polar surface area (TPSA) is 55.1 Å². The minimum Gasteiger partial charge on any atom is -0.481 e. The first kappa shape index (κ1) is 14.6. The second kappa shape index (κ2) is 5.27. The van der Waals surface area contributed by atoms with Crippen LogP contribution >= 0.6 is 0 Å². The summed E-state index contributed by atoms with van der Waals surface area (Å²) in [5, 5.41) is 8.89. The van der Waals surface area contributed by atoms with E-state index < -0.39 is 5.97 Å². The van der Waals surface area contributed by atoms with Crippen molar-refractivity contribution in [2.45, 2.75) is 52.5 Å². The molecule has 4 nitrogen and oxygen atoms in total. The number of hydrogen-bond donors (Lipinski definition) is 1. The van der Waals surface area contributed by atoms with Crippen LogP contribution in [-0.4, -0.2) is 20.6 Å². The van der Waals surface area contributed by atoms with Gasteiger partial charge in [-0.2, -0.15) is 0 Å². The third kappa shape index (κ3) is 2.84. The SMILES string of the molecule is CCCn1c(C(C)(C)C)nc2cc(CC(=O)O)ccc21.